The zero-order valence-electron chi connectivity index (χ0n) is 16.3. The van der Waals surface area contributed by atoms with E-state index in [9.17, 15) is 22.0 Å². The summed E-state index contributed by atoms with van der Waals surface area (Å²) in [6, 6.07) is 2.66. The van der Waals surface area contributed by atoms with E-state index in [1.807, 2.05) is 0 Å². The summed E-state index contributed by atoms with van der Waals surface area (Å²) in [5, 5.41) is 0.312. The van der Waals surface area contributed by atoms with Gasteiger partial charge < -0.3 is 9.64 Å². The summed E-state index contributed by atoms with van der Waals surface area (Å²) in [5.41, 5.74) is -0.767. The number of halogens is 3. The zero-order chi connectivity index (χ0) is 22.1. The van der Waals surface area contributed by atoms with E-state index in [0.29, 0.717) is 28.9 Å². The molecule has 1 fully saturated rings. The molecule has 0 aliphatic carbocycles. The third-order valence-electron chi connectivity index (χ3n) is 4.65. The summed E-state index contributed by atoms with van der Waals surface area (Å²) in [6.45, 7) is 3.84. The molecule has 2 aromatic rings. The highest BCUT2D eigenvalue weighted by atomic mass is 35.5. The van der Waals surface area contributed by atoms with E-state index in [4.69, 9.17) is 16.3 Å². The molecule has 1 amide bonds. The van der Waals surface area contributed by atoms with E-state index in [-0.39, 0.29) is 5.75 Å². The minimum absolute atomic E-state index is 0.0840. The molecule has 1 aliphatic rings. The molecule has 1 N–H and O–H groups in total. The van der Waals surface area contributed by atoms with Crippen molar-refractivity contribution < 1.29 is 26.7 Å². The van der Waals surface area contributed by atoms with Crippen molar-refractivity contribution in [1.82, 2.24) is 9.71 Å². The van der Waals surface area contributed by atoms with E-state index < -0.39 is 38.9 Å². The number of aromatic nitrogens is 1. The fraction of sp³-hybridized carbons (Fsp3) is 0.368. The molecule has 7 nitrogen and oxygen atoms in total. The molecule has 11 heteroatoms. The summed E-state index contributed by atoms with van der Waals surface area (Å²) in [4.78, 5) is 18.1. The Morgan fingerprint density at radius 2 is 1.90 bits per heavy atom. The van der Waals surface area contributed by atoms with Crippen molar-refractivity contribution in [2.45, 2.75) is 19.8 Å². The predicted octanol–water partition coefficient (Wildman–Crippen LogP) is 3.73. The van der Waals surface area contributed by atoms with Crippen LogP contribution in [0.2, 0.25) is 5.02 Å². The monoisotopic (exact) mass is 459 g/mol. The highest BCUT2D eigenvalue weighted by Gasteiger charge is 2.22. The lowest BCUT2D eigenvalue weighted by Crippen LogP contribution is -2.33. The van der Waals surface area contributed by atoms with Gasteiger partial charge in [-0.15, -0.1) is 0 Å². The SMILES string of the molecule is CC1CCN(c2ncc(Oc3cc(F)c(C(=O)NS(C)(=O)=O)cc3F)cc2Cl)CC1. The van der Waals surface area contributed by atoms with Crippen molar-refractivity contribution >= 4 is 33.3 Å². The Hall–Kier alpha value is -2.46. The van der Waals surface area contributed by atoms with Gasteiger partial charge in [-0.2, -0.15) is 0 Å². The zero-order valence-corrected chi connectivity index (χ0v) is 17.9. The Morgan fingerprint density at radius 1 is 1.23 bits per heavy atom. The average molecular weight is 460 g/mol. The predicted molar refractivity (Wildman–Crippen MR) is 109 cm³/mol. The van der Waals surface area contributed by atoms with Crippen molar-refractivity contribution in [3.05, 3.63) is 46.6 Å². The lowest BCUT2D eigenvalue weighted by Gasteiger charge is -2.31. The number of nitrogens with one attached hydrogen (secondary N) is 1. The smallest absolute Gasteiger partial charge is 0.267 e. The van der Waals surface area contributed by atoms with Crippen molar-refractivity contribution in [2.75, 3.05) is 24.2 Å². The molecule has 1 aliphatic heterocycles. The Balaban J connectivity index is 1.78. The van der Waals surface area contributed by atoms with Crippen LogP contribution in [0.15, 0.2) is 24.4 Å². The van der Waals surface area contributed by atoms with Crippen LogP contribution in [0.1, 0.15) is 30.1 Å². The maximum atomic E-state index is 14.3. The van der Waals surface area contributed by atoms with Crippen molar-refractivity contribution in [2.24, 2.45) is 5.92 Å². The van der Waals surface area contributed by atoms with Crippen LogP contribution in [0.5, 0.6) is 11.5 Å². The fourth-order valence-corrected chi connectivity index (χ4v) is 3.78. The minimum Gasteiger partial charge on any atom is -0.452 e. The largest absolute Gasteiger partial charge is 0.452 e. The average Bonchev–Trinajstić information content (AvgIpc) is 2.64. The van der Waals surface area contributed by atoms with Gasteiger partial charge in [0.15, 0.2) is 11.6 Å². The molecule has 2 heterocycles. The Bertz CT molecular complexity index is 1070. The lowest BCUT2D eigenvalue weighted by molar-refractivity contribution is 0.0977. The van der Waals surface area contributed by atoms with Crippen molar-refractivity contribution in [3.8, 4) is 11.5 Å². The van der Waals surface area contributed by atoms with E-state index in [1.54, 1.807) is 4.72 Å². The molecule has 0 saturated carbocycles. The first-order valence-corrected chi connectivity index (χ1v) is 11.4. The molecule has 3 rings (SSSR count). The van der Waals surface area contributed by atoms with Gasteiger partial charge >= 0.3 is 0 Å². The first-order valence-electron chi connectivity index (χ1n) is 9.13. The van der Waals surface area contributed by atoms with Crippen LogP contribution in [-0.4, -0.2) is 38.7 Å². The summed E-state index contributed by atoms with van der Waals surface area (Å²) >= 11 is 6.30. The maximum Gasteiger partial charge on any atom is 0.267 e. The van der Waals surface area contributed by atoms with Crippen LogP contribution < -0.4 is 14.4 Å². The van der Waals surface area contributed by atoms with Crippen LogP contribution in [0.25, 0.3) is 0 Å². The summed E-state index contributed by atoms with van der Waals surface area (Å²) in [5.74, 6) is -2.67. The normalized spacial score (nSPS) is 15.2. The lowest BCUT2D eigenvalue weighted by atomic mass is 9.99. The van der Waals surface area contributed by atoms with Gasteiger partial charge in [-0.25, -0.2) is 26.9 Å². The Kier molecular flexibility index (Phi) is 6.47. The maximum absolute atomic E-state index is 14.3. The second-order valence-electron chi connectivity index (χ2n) is 7.21. The van der Waals surface area contributed by atoms with Crippen LogP contribution >= 0.6 is 11.6 Å². The third-order valence-corrected chi connectivity index (χ3v) is 5.49. The molecule has 0 atom stereocenters. The minimum atomic E-state index is -3.93. The number of benzene rings is 1. The highest BCUT2D eigenvalue weighted by Crippen LogP contribution is 2.33. The Labute approximate surface area is 178 Å². The second-order valence-corrected chi connectivity index (χ2v) is 9.37. The van der Waals surface area contributed by atoms with Gasteiger partial charge in [0, 0.05) is 25.2 Å². The molecule has 1 aromatic heterocycles. The molecule has 1 saturated heterocycles. The number of hydrogen-bond donors (Lipinski definition) is 1. The van der Waals surface area contributed by atoms with Gasteiger partial charge in [-0.3, -0.25) is 4.79 Å². The summed E-state index contributed by atoms with van der Waals surface area (Å²) in [7, 11) is -3.93. The van der Waals surface area contributed by atoms with E-state index in [1.165, 1.54) is 12.3 Å². The summed E-state index contributed by atoms with van der Waals surface area (Å²) in [6.07, 6.45) is 4.13. The van der Waals surface area contributed by atoms with E-state index >= 15 is 0 Å². The number of pyridine rings is 1. The molecule has 0 bridgehead atoms. The van der Waals surface area contributed by atoms with Crippen molar-refractivity contribution in [3.63, 3.8) is 0 Å². The van der Waals surface area contributed by atoms with Crippen molar-refractivity contribution in [1.29, 1.82) is 0 Å². The number of nitrogens with zero attached hydrogens (tertiary/aromatic N) is 2. The number of piperidine rings is 1. The van der Waals surface area contributed by atoms with Crippen LogP contribution in [-0.2, 0) is 10.0 Å². The molecule has 0 unspecified atom stereocenters. The standard InChI is InChI=1S/C19H20ClF2N3O4S/c1-11-3-5-25(6-4-11)18-14(20)7-12(10-23-18)29-17-9-15(21)13(8-16(17)22)19(26)24-30(2,27)28/h7-11H,3-6H2,1-2H3,(H,24,26). The first-order chi connectivity index (χ1) is 14.0. The highest BCUT2D eigenvalue weighted by molar-refractivity contribution is 7.89. The van der Waals surface area contributed by atoms with Crippen LogP contribution in [0.4, 0.5) is 14.6 Å². The van der Waals surface area contributed by atoms with Gasteiger partial charge in [0.25, 0.3) is 5.91 Å². The third kappa shape index (κ3) is 5.37. The number of hydrogen-bond acceptors (Lipinski definition) is 6. The number of carbonyl (C=O) groups is 1. The number of amides is 1. The fourth-order valence-electron chi connectivity index (χ4n) is 3.05. The van der Waals surface area contributed by atoms with E-state index in [2.05, 4.69) is 16.8 Å². The molecule has 0 spiro atoms. The van der Waals surface area contributed by atoms with Gasteiger partial charge in [-0.05, 0) is 24.8 Å². The molecule has 162 valence electrons. The molecule has 0 radical (unpaired) electrons. The number of carbonyl (C=O) groups excluding carboxylic acids is 1. The second kappa shape index (κ2) is 8.73. The van der Waals surface area contributed by atoms with Gasteiger partial charge in [0.1, 0.15) is 17.4 Å². The van der Waals surface area contributed by atoms with Gasteiger partial charge in [-0.1, -0.05) is 18.5 Å². The topological polar surface area (TPSA) is 88.6 Å². The van der Waals surface area contributed by atoms with Crippen LogP contribution in [0.3, 0.4) is 0 Å². The number of sulfonamides is 1. The summed E-state index contributed by atoms with van der Waals surface area (Å²) < 4.78 is 57.7. The van der Waals surface area contributed by atoms with Gasteiger partial charge in [0.2, 0.25) is 10.0 Å². The number of rotatable bonds is 5. The molecular formula is C19H20ClF2N3O4S. The first kappa shape index (κ1) is 22.2. The number of ether oxygens (including phenoxy) is 1. The van der Waals surface area contributed by atoms with Gasteiger partial charge in [0.05, 0.1) is 23.0 Å². The molecular weight excluding hydrogens is 440 g/mol. The number of anilines is 1. The molecule has 1 aromatic carbocycles. The Morgan fingerprint density at radius 3 is 2.50 bits per heavy atom. The van der Waals surface area contributed by atoms with Crippen LogP contribution in [0, 0.1) is 17.6 Å². The quantitative estimate of drug-likeness (QED) is 0.733. The van der Waals surface area contributed by atoms with E-state index in [0.717, 1.165) is 32.2 Å². The molecule has 30 heavy (non-hydrogen) atoms.